The molecule has 12 nitrogen and oxygen atoms in total. The molecule has 4 aromatic rings. The molecule has 0 bridgehead atoms. The maximum absolute atomic E-state index is 13.2. The Morgan fingerprint density at radius 2 is 1.74 bits per heavy atom. The first-order valence-electron chi connectivity index (χ1n) is 14.7. The minimum atomic E-state index is -3.68. The topological polar surface area (TPSA) is 143 Å². The minimum absolute atomic E-state index is 0.0296. The molecular weight excluding hydrogens is 568 g/mol. The molecule has 0 saturated carbocycles. The summed E-state index contributed by atoms with van der Waals surface area (Å²) in [5.41, 5.74) is 2.20. The summed E-state index contributed by atoms with van der Waals surface area (Å²) in [5, 5.41) is 7.75. The molecule has 3 heterocycles. The van der Waals surface area contributed by atoms with Gasteiger partial charge < -0.3 is 20.3 Å². The lowest BCUT2D eigenvalue weighted by atomic mass is 9.92. The van der Waals surface area contributed by atoms with E-state index in [1.54, 1.807) is 18.5 Å². The Kier molecular flexibility index (Phi) is 9.13. The van der Waals surface area contributed by atoms with Crippen molar-refractivity contribution < 1.29 is 17.9 Å². The number of sulfonamides is 1. The highest BCUT2D eigenvalue weighted by Crippen LogP contribution is 2.40. The molecule has 230 valence electrons. The van der Waals surface area contributed by atoms with Crippen LogP contribution in [0.1, 0.15) is 39.8 Å². The number of imidazole rings is 1. The molecule has 2 aromatic heterocycles. The number of benzene rings is 2. The average molecular weight is 609 g/mol. The Morgan fingerprint density at radius 3 is 2.51 bits per heavy atom. The Hall–Kier alpha value is -3.81. The number of amides is 1. The normalized spacial score (nSPS) is 20.5. The fourth-order valence-electron chi connectivity index (χ4n) is 5.63. The SMILES string of the molecule is CCNC(=O)[C@H]1O[C@@H](n2cnc3c(NCCCCNS(=O)(=O)c4cccc5c(N(C)C)cccc45)ncnc32)[C@H](C)[C@@H]1C. The van der Waals surface area contributed by atoms with Gasteiger partial charge in [-0.3, -0.25) is 9.36 Å². The second kappa shape index (κ2) is 12.8. The van der Waals surface area contributed by atoms with Crippen molar-refractivity contribution >= 4 is 49.4 Å². The van der Waals surface area contributed by atoms with Gasteiger partial charge in [0.05, 0.1) is 11.2 Å². The number of hydrogen-bond donors (Lipinski definition) is 3. The van der Waals surface area contributed by atoms with Crippen LogP contribution in [0, 0.1) is 11.8 Å². The fraction of sp³-hybridized carbons (Fsp3) is 0.467. The van der Waals surface area contributed by atoms with Crippen LogP contribution < -0.4 is 20.3 Å². The Labute approximate surface area is 252 Å². The quantitative estimate of drug-likeness (QED) is 0.206. The zero-order valence-electron chi connectivity index (χ0n) is 25.2. The molecule has 0 unspecified atom stereocenters. The van der Waals surface area contributed by atoms with E-state index in [9.17, 15) is 13.2 Å². The van der Waals surface area contributed by atoms with E-state index < -0.39 is 16.1 Å². The highest BCUT2D eigenvalue weighted by molar-refractivity contribution is 7.89. The van der Waals surface area contributed by atoms with E-state index in [0.717, 1.165) is 11.1 Å². The summed E-state index contributed by atoms with van der Waals surface area (Å²) in [6.45, 7) is 7.41. The van der Waals surface area contributed by atoms with Crippen molar-refractivity contribution in [2.45, 2.75) is 50.8 Å². The summed E-state index contributed by atoms with van der Waals surface area (Å²) < 4.78 is 37.2. The number of fused-ring (bicyclic) bond motifs is 2. The highest BCUT2D eigenvalue weighted by Gasteiger charge is 2.44. The molecule has 2 aromatic carbocycles. The number of aromatic nitrogens is 4. The van der Waals surface area contributed by atoms with Crippen LogP contribution in [-0.4, -0.2) is 73.7 Å². The molecule has 1 saturated heterocycles. The lowest BCUT2D eigenvalue weighted by Crippen LogP contribution is -2.37. The molecule has 13 heteroatoms. The third kappa shape index (κ3) is 6.15. The van der Waals surface area contributed by atoms with E-state index in [4.69, 9.17) is 4.74 Å². The maximum atomic E-state index is 13.2. The van der Waals surface area contributed by atoms with E-state index in [1.807, 2.05) is 61.7 Å². The van der Waals surface area contributed by atoms with Crippen molar-refractivity contribution in [3.05, 3.63) is 49.1 Å². The molecule has 43 heavy (non-hydrogen) atoms. The van der Waals surface area contributed by atoms with E-state index >= 15 is 0 Å². The summed E-state index contributed by atoms with van der Waals surface area (Å²) in [6, 6.07) is 11.0. The predicted molar refractivity (Wildman–Crippen MR) is 167 cm³/mol. The standard InChI is InChI=1S/C30H40N8O4S/c1-6-31-29(39)26-19(2)20(3)30(42-26)38-18-35-25-27(33-17-34-28(25)38)32-15-7-8-16-36-43(40,41)24-14-10-11-21-22(24)12-9-13-23(21)37(4)5/h9-14,17-20,26,30,36H,6-8,15-16H2,1-5H3,(H,31,39)(H,32,33,34)/t19-,20+,26-,30+/m0/s1. The summed E-state index contributed by atoms with van der Waals surface area (Å²) >= 11 is 0. The largest absolute Gasteiger partial charge is 0.377 e. The van der Waals surface area contributed by atoms with Crippen LogP contribution in [0.25, 0.3) is 21.9 Å². The monoisotopic (exact) mass is 608 g/mol. The number of anilines is 2. The second-order valence-corrected chi connectivity index (χ2v) is 12.9. The smallest absolute Gasteiger partial charge is 0.249 e. The van der Waals surface area contributed by atoms with Crippen LogP contribution in [-0.2, 0) is 19.6 Å². The molecule has 1 aliphatic heterocycles. The van der Waals surface area contributed by atoms with Gasteiger partial charge in [0.15, 0.2) is 17.0 Å². The Bertz CT molecular complexity index is 1710. The van der Waals surface area contributed by atoms with Gasteiger partial charge in [0.1, 0.15) is 18.7 Å². The van der Waals surface area contributed by atoms with Crippen molar-refractivity contribution in [1.82, 2.24) is 29.6 Å². The van der Waals surface area contributed by atoms with Gasteiger partial charge in [-0.2, -0.15) is 0 Å². The number of carbonyl (C=O) groups is 1. The Balaban J connectivity index is 1.18. The van der Waals surface area contributed by atoms with Crippen LogP contribution in [0.3, 0.4) is 0 Å². The molecular formula is C30H40N8O4S. The van der Waals surface area contributed by atoms with Crippen molar-refractivity contribution in [1.29, 1.82) is 0 Å². The van der Waals surface area contributed by atoms with Crippen LogP contribution in [0.15, 0.2) is 53.9 Å². The number of ether oxygens (including phenoxy) is 1. The van der Waals surface area contributed by atoms with Gasteiger partial charge in [-0.15, -0.1) is 0 Å². The molecule has 5 rings (SSSR count). The number of unbranched alkanes of at least 4 members (excludes halogenated alkanes) is 1. The average Bonchev–Trinajstić information content (AvgIpc) is 3.55. The predicted octanol–water partition coefficient (Wildman–Crippen LogP) is 3.52. The van der Waals surface area contributed by atoms with Gasteiger partial charge in [0, 0.05) is 56.1 Å². The first-order valence-corrected chi connectivity index (χ1v) is 16.2. The first kappa shape index (κ1) is 30.6. The van der Waals surface area contributed by atoms with Gasteiger partial charge in [0.25, 0.3) is 0 Å². The van der Waals surface area contributed by atoms with Gasteiger partial charge in [0.2, 0.25) is 15.9 Å². The minimum Gasteiger partial charge on any atom is -0.377 e. The summed E-state index contributed by atoms with van der Waals surface area (Å²) in [5.74, 6) is 0.588. The number of nitrogens with zero attached hydrogens (tertiary/aromatic N) is 5. The van der Waals surface area contributed by atoms with Crippen LogP contribution in [0.5, 0.6) is 0 Å². The molecule has 3 N–H and O–H groups in total. The molecule has 1 fully saturated rings. The Morgan fingerprint density at radius 1 is 1.00 bits per heavy atom. The first-order chi connectivity index (χ1) is 20.6. The molecule has 1 amide bonds. The van der Waals surface area contributed by atoms with Gasteiger partial charge in [-0.25, -0.2) is 28.1 Å². The van der Waals surface area contributed by atoms with Crippen LogP contribution >= 0.6 is 0 Å². The molecule has 0 spiro atoms. The zero-order valence-corrected chi connectivity index (χ0v) is 26.1. The van der Waals surface area contributed by atoms with Crippen molar-refractivity contribution in [2.24, 2.45) is 11.8 Å². The van der Waals surface area contributed by atoms with Crippen molar-refractivity contribution in [2.75, 3.05) is 43.9 Å². The van der Waals surface area contributed by atoms with Crippen LogP contribution in [0.2, 0.25) is 0 Å². The maximum Gasteiger partial charge on any atom is 0.249 e. The van der Waals surface area contributed by atoms with Crippen molar-refractivity contribution in [3.63, 3.8) is 0 Å². The molecule has 1 aliphatic rings. The third-order valence-corrected chi connectivity index (χ3v) is 9.62. The van der Waals surface area contributed by atoms with E-state index in [-0.39, 0.29) is 28.9 Å². The van der Waals surface area contributed by atoms with E-state index in [0.29, 0.717) is 54.8 Å². The third-order valence-electron chi connectivity index (χ3n) is 8.10. The summed E-state index contributed by atoms with van der Waals surface area (Å²) in [6.07, 6.45) is 3.60. The summed E-state index contributed by atoms with van der Waals surface area (Å²) in [4.78, 5) is 28.1. The molecule has 0 aliphatic carbocycles. The van der Waals surface area contributed by atoms with Gasteiger partial charge >= 0.3 is 0 Å². The molecule has 4 atom stereocenters. The zero-order chi connectivity index (χ0) is 30.7. The van der Waals surface area contributed by atoms with Crippen LogP contribution in [0.4, 0.5) is 11.5 Å². The number of hydrogen-bond acceptors (Lipinski definition) is 9. The van der Waals surface area contributed by atoms with Crippen molar-refractivity contribution in [3.8, 4) is 0 Å². The van der Waals surface area contributed by atoms with Gasteiger partial charge in [-0.05, 0) is 37.8 Å². The summed E-state index contributed by atoms with van der Waals surface area (Å²) in [7, 11) is 0.197. The lowest BCUT2D eigenvalue weighted by molar-refractivity contribution is -0.135. The van der Waals surface area contributed by atoms with E-state index in [2.05, 4.69) is 37.2 Å². The number of rotatable bonds is 12. The highest BCUT2D eigenvalue weighted by atomic mass is 32.2. The van der Waals surface area contributed by atoms with E-state index in [1.165, 1.54) is 6.33 Å². The number of nitrogens with one attached hydrogen (secondary N) is 3. The number of carbonyl (C=O) groups excluding carboxylic acids is 1. The lowest BCUT2D eigenvalue weighted by Gasteiger charge is -2.18. The second-order valence-electron chi connectivity index (χ2n) is 11.2. The van der Waals surface area contributed by atoms with Gasteiger partial charge in [-0.1, -0.05) is 38.1 Å². The number of likely N-dealkylation sites (N-methyl/N-ethyl adjacent to an activating group) is 1. The molecule has 0 radical (unpaired) electrons. The fourth-order valence-corrected chi connectivity index (χ4v) is 6.92.